The SMILES string of the molecule is CC(C)(C)CC(C)(C(=O)OCCOC(=O)CS(=O)(=O)O)C(C)(C)C. The Labute approximate surface area is 144 Å². The zero-order chi connectivity index (χ0) is 19.4. The lowest BCUT2D eigenvalue weighted by Crippen LogP contribution is -2.44. The fourth-order valence-electron chi connectivity index (χ4n) is 2.34. The minimum Gasteiger partial charge on any atom is -0.462 e. The summed E-state index contributed by atoms with van der Waals surface area (Å²) < 4.78 is 39.4. The van der Waals surface area contributed by atoms with Crippen LogP contribution in [0.4, 0.5) is 0 Å². The maximum atomic E-state index is 12.6. The van der Waals surface area contributed by atoms with E-state index in [9.17, 15) is 18.0 Å². The smallest absolute Gasteiger partial charge is 0.323 e. The van der Waals surface area contributed by atoms with Crippen LogP contribution in [-0.2, 0) is 29.2 Å². The average Bonchev–Trinajstić information content (AvgIpc) is 2.28. The van der Waals surface area contributed by atoms with Crippen molar-refractivity contribution in [1.29, 1.82) is 0 Å². The molecule has 1 unspecified atom stereocenters. The van der Waals surface area contributed by atoms with E-state index >= 15 is 0 Å². The zero-order valence-corrected chi connectivity index (χ0v) is 16.4. The third kappa shape index (κ3) is 8.10. The molecule has 0 aromatic rings. The van der Waals surface area contributed by atoms with E-state index in [0.717, 1.165) is 0 Å². The van der Waals surface area contributed by atoms with Crippen LogP contribution in [-0.4, -0.2) is 43.9 Å². The molecule has 0 spiro atoms. The number of carbonyl (C=O) groups excluding carboxylic acids is 2. The topological polar surface area (TPSA) is 107 Å². The highest BCUT2D eigenvalue weighted by Crippen LogP contribution is 2.47. The lowest BCUT2D eigenvalue weighted by Gasteiger charge is -2.43. The quantitative estimate of drug-likeness (QED) is 0.419. The number of carbonyl (C=O) groups is 2. The highest BCUT2D eigenvalue weighted by Gasteiger charge is 2.47. The molecule has 0 aliphatic carbocycles. The minimum absolute atomic E-state index is 0.0804. The Morgan fingerprint density at radius 1 is 0.917 bits per heavy atom. The summed E-state index contributed by atoms with van der Waals surface area (Å²) >= 11 is 0. The fraction of sp³-hybridized carbons (Fsp3) is 0.875. The Morgan fingerprint density at radius 3 is 1.75 bits per heavy atom. The Kier molecular flexibility index (Phi) is 7.45. The maximum absolute atomic E-state index is 12.6. The Hall–Kier alpha value is -1.15. The van der Waals surface area contributed by atoms with E-state index < -0.39 is 33.2 Å². The molecular formula is C16H30O7S. The number of esters is 2. The number of hydrogen-bond acceptors (Lipinski definition) is 6. The van der Waals surface area contributed by atoms with Gasteiger partial charge in [0, 0.05) is 0 Å². The first-order valence-electron chi connectivity index (χ1n) is 7.76. The van der Waals surface area contributed by atoms with Crippen molar-refractivity contribution >= 4 is 22.1 Å². The largest absolute Gasteiger partial charge is 0.462 e. The lowest BCUT2D eigenvalue weighted by molar-refractivity contribution is -0.167. The second kappa shape index (κ2) is 7.82. The first kappa shape index (κ1) is 22.9. The van der Waals surface area contributed by atoms with Crippen LogP contribution in [0.5, 0.6) is 0 Å². The summed E-state index contributed by atoms with van der Waals surface area (Å²) in [4.78, 5) is 23.7. The van der Waals surface area contributed by atoms with Crippen molar-refractivity contribution in [2.24, 2.45) is 16.2 Å². The van der Waals surface area contributed by atoms with Crippen LogP contribution < -0.4 is 0 Å². The van der Waals surface area contributed by atoms with E-state index in [1.807, 2.05) is 48.5 Å². The molecule has 0 aliphatic heterocycles. The molecule has 7 nitrogen and oxygen atoms in total. The predicted octanol–water partition coefficient (Wildman–Crippen LogP) is 2.45. The molecule has 0 saturated carbocycles. The molecule has 8 heteroatoms. The zero-order valence-electron chi connectivity index (χ0n) is 15.6. The summed E-state index contributed by atoms with van der Waals surface area (Å²) in [5.74, 6) is -2.61. The third-order valence-electron chi connectivity index (χ3n) is 3.87. The van der Waals surface area contributed by atoms with Gasteiger partial charge in [-0.15, -0.1) is 0 Å². The molecule has 142 valence electrons. The van der Waals surface area contributed by atoms with Gasteiger partial charge >= 0.3 is 11.9 Å². The molecule has 1 N–H and O–H groups in total. The standard InChI is InChI=1S/C16H30O7S/c1-14(2,3)11-16(7,15(4,5)6)13(18)23-9-8-22-12(17)10-24(19,20)21/h8-11H2,1-7H3,(H,19,20,21). The molecule has 0 rings (SSSR count). The van der Waals surface area contributed by atoms with Gasteiger partial charge in [0.15, 0.2) is 5.75 Å². The van der Waals surface area contributed by atoms with Gasteiger partial charge in [0.2, 0.25) is 0 Å². The maximum Gasteiger partial charge on any atom is 0.323 e. The molecule has 0 aliphatic rings. The molecule has 0 fully saturated rings. The van der Waals surface area contributed by atoms with Gasteiger partial charge in [-0.2, -0.15) is 8.42 Å². The van der Waals surface area contributed by atoms with Crippen LogP contribution in [0.1, 0.15) is 54.9 Å². The molecule has 24 heavy (non-hydrogen) atoms. The monoisotopic (exact) mass is 366 g/mol. The summed E-state index contributed by atoms with van der Waals surface area (Å²) in [6.07, 6.45) is 0.616. The van der Waals surface area contributed by atoms with Crippen LogP contribution in [0.3, 0.4) is 0 Å². The van der Waals surface area contributed by atoms with E-state index in [4.69, 9.17) is 9.29 Å². The van der Waals surface area contributed by atoms with Crippen molar-refractivity contribution in [1.82, 2.24) is 0 Å². The Balaban J connectivity index is 4.68. The van der Waals surface area contributed by atoms with Gasteiger partial charge in [0.05, 0.1) is 5.41 Å². The Morgan fingerprint density at radius 2 is 1.38 bits per heavy atom. The van der Waals surface area contributed by atoms with Crippen LogP contribution in [0, 0.1) is 16.2 Å². The molecule has 0 saturated heterocycles. The predicted molar refractivity (Wildman–Crippen MR) is 90.0 cm³/mol. The van der Waals surface area contributed by atoms with Gasteiger partial charge in [-0.05, 0) is 24.2 Å². The molecule has 1 atom stereocenters. The van der Waals surface area contributed by atoms with Gasteiger partial charge in [0.1, 0.15) is 13.2 Å². The summed E-state index contributed by atoms with van der Waals surface area (Å²) in [7, 11) is -4.42. The summed E-state index contributed by atoms with van der Waals surface area (Å²) in [5, 5.41) is 0. The summed E-state index contributed by atoms with van der Waals surface area (Å²) in [5.41, 5.74) is -1.15. The van der Waals surface area contributed by atoms with Gasteiger partial charge in [-0.3, -0.25) is 14.1 Å². The molecule has 0 bridgehead atoms. The minimum atomic E-state index is -4.42. The third-order valence-corrected chi connectivity index (χ3v) is 4.47. The Bertz CT molecular complexity index is 552. The van der Waals surface area contributed by atoms with E-state index in [0.29, 0.717) is 6.42 Å². The number of ether oxygens (including phenoxy) is 2. The molecule has 0 amide bonds. The second-order valence-corrected chi connectivity index (χ2v) is 9.85. The first-order chi connectivity index (χ1) is 10.5. The van der Waals surface area contributed by atoms with E-state index in [2.05, 4.69) is 4.74 Å². The molecule has 0 heterocycles. The van der Waals surface area contributed by atoms with Crippen LogP contribution in [0.25, 0.3) is 0 Å². The average molecular weight is 366 g/mol. The van der Waals surface area contributed by atoms with Crippen molar-refractivity contribution in [3.63, 3.8) is 0 Å². The normalized spacial score (nSPS) is 15.5. The van der Waals surface area contributed by atoms with Gasteiger partial charge in [-0.1, -0.05) is 41.5 Å². The molecule has 0 aromatic carbocycles. The fourth-order valence-corrected chi connectivity index (χ4v) is 2.73. The lowest BCUT2D eigenvalue weighted by atomic mass is 9.61. The number of rotatable bonds is 7. The van der Waals surface area contributed by atoms with Gasteiger partial charge in [0.25, 0.3) is 10.1 Å². The van der Waals surface area contributed by atoms with Crippen molar-refractivity contribution in [3.05, 3.63) is 0 Å². The van der Waals surface area contributed by atoms with Crippen LogP contribution in [0.15, 0.2) is 0 Å². The second-order valence-electron chi connectivity index (χ2n) is 8.40. The molecule has 0 aromatic heterocycles. The highest BCUT2D eigenvalue weighted by molar-refractivity contribution is 7.86. The van der Waals surface area contributed by atoms with Gasteiger partial charge < -0.3 is 9.47 Å². The summed E-state index contributed by atoms with van der Waals surface area (Å²) in [6, 6.07) is 0. The molecule has 0 radical (unpaired) electrons. The number of hydrogen-bond donors (Lipinski definition) is 1. The van der Waals surface area contributed by atoms with Crippen molar-refractivity contribution < 1.29 is 32.0 Å². The van der Waals surface area contributed by atoms with E-state index in [1.165, 1.54) is 0 Å². The highest BCUT2D eigenvalue weighted by atomic mass is 32.2. The van der Waals surface area contributed by atoms with Crippen molar-refractivity contribution in [2.75, 3.05) is 19.0 Å². The van der Waals surface area contributed by atoms with Crippen molar-refractivity contribution in [3.8, 4) is 0 Å². The van der Waals surface area contributed by atoms with E-state index in [-0.39, 0.29) is 24.0 Å². The summed E-state index contributed by atoms with van der Waals surface area (Å²) in [6.45, 7) is 13.4. The van der Waals surface area contributed by atoms with Gasteiger partial charge in [-0.25, -0.2) is 0 Å². The van der Waals surface area contributed by atoms with Crippen LogP contribution in [0.2, 0.25) is 0 Å². The van der Waals surface area contributed by atoms with Crippen molar-refractivity contribution in [2.45, 2.75) is 54.9 Å². The first-order valence-corrected chi connectivity index (χ1v) is 9.37. The molecular weight excluding hydrogens is 336 g/mol. The van der Waals surface area contributed by atoms with Crippen LogP contribution >= 0.6 is 0 Å². The van der Waals surface area contributed by atoms with E-state index in [1.54, 1.807) is 0 Å².